The number of aliphatic hydroxyl groups excluding tert-OH is 1. The largest absolute Gasteiger partial charge is 0.395 e. The molecule has 1 unspecified atom stereocenters. The first-order valence-electron chi connectivity index (χ1n) is 8.14. The van der Waals surface area contributed by atoms with Crippen LogP contribution in [0.1, 0.15) is 26.3 Å². The van der Waals surface area contributed by atoms with Crippen molar-refractivity contribution in [1.82, 2.24) is 9.80 Å². The van der Waals surface area contributed by atoms with Crippen LogP contribution in [0.2, 0.25) is 0 Å². The maximum Gasteiger partial charge on any atom is 0.0537 e. The Hall–Kier alpha value is -0.900. The van der Waals surface area contributed by atoms with Crippen molar-refractivity contribution in [2.45, 2.75) is 26.2 Å². The van der Waals surface area contributed by atoms with Crippen LogP contribution >= 0.6 is 0 Å². The number of benzene rings is 1. The molecule has 1 atom stereocenters. The topological polar surface area (TPSA) is 26.7 Å². The first kappa shape index (κ1) is 16.5. The summed E-state index contributed by atoms with van der Waals surface area (Å²) >= 11 is 0. The number of hydrogen-bond acceptors (Lipinski definition) is 3. The summed E-state index contributed by atoms with van der Waals surface area (Å²) in [6.45, 7) is 13.6. The van der Waals surface area contributed by atoms with Crippen molar-refractivity contribution < 1.29 is 5.11 Å². The van der Waals surface area contributed by atoms with Gasteiger partial charge in [-0.2, -0.15) is 0 Å². The Balaban J connectivity index is 1.92. The SMILES string of the molecule is CC(C)CN1CCN(CC(C)(CO)c2ccccc2)CC1. The molecule has 1 N–H and O–H groups in total. The Morgan fingerprint density at radius 1 is 1.05 bits per heavy atom. The monoisotopic (exact) mass is 290 g/mol. The van der Waals surface area contributed by atoms with E-state index in [0.29, 0.717) is 0 Å². The quantitative estimate of drug-likeness (QED) is 0.870. The highest BCUT2D eigenvalue weighted by atomic mass is 16.3. The fourth-order valence-corrected chi connectivity index (χ4v) is 3.21. The van der Waals surface area contributed by atoms with Crippen molar-refractivity contribution in [2.75, 3.05) is 45.9 Å². The van der Waals surface area contributed by atoms with Crippen molar-refractivity contribution in [1.29, 1.82) is 0 Å². The van der Waals surface area contributed by atoms with E-state index in [1.165, 1.54) is 12.1 Å². The van der Waals surface area contributed by atoms with Gasteiger partial charge in [0, 0.05) is 44.7 Å². The Bertz CT molecular complexity index is 412. The van der Waals surface area contributed by atoms with Gasteiger partial charge in [0.2, 0.25) is 0 Å². The second-order valence-corrected chi connectivity index (χ2v) is 7.06. The van der Waals surface area contributed by atoms with Crippen molar-refractivity contribution in [3.8, 4) is 0 Å². The Morgan fingerprint density at radius 2 is 1.62 bits per heavy atom. The second kappa shape index (κ2) is 7.39. The highest BCUT2D eigenvalue weighted by Gasteiger charge is 2.30. The molecular formula is C18H30N2O. The van der Waals surface area contributed by atoms with E-state index in [1.807, 2.05) is 6.07 Å². The Morgan fingerprint density at radius 3 is 2.14 bits per heavy atom. The molecule has 1 aliphatic rings. The van der Waals surface area contributed by atoms with Gasteiger partial charge in [-0.05, 0) is 11.5 Å². The Kier molecular flexibility index (Phi) is 5.80. The fraction of sp³-hybridized carbons (Fsp3) is 0.667. The highest BCUT2D eigenvalue weighted by molar-refractivity contribution is 5.25. The van der Waals surface area contributed by atoms with E-state index < -0.39 is 0 Å². The molecule has 1 aliphatic heterocycles. The van der Waals surface area contributed by atoms with E-state index in [-0.39, 0.29) is 12.0 Å². The lowest BCUT2D eigenvalue weighted by atomic mass is 9.82. The van der Waals surface area contributed by atoms with Gasteiger partial charge in [0.25, 0.3) is 0 Å². The van der Waals surface area contributed by atoms with Gasteiger partial charge in [0.15, 0.2) is 0 Å². The lowest BCUT2D eigenvalue weighted by Crippen LogP contribution is -2.51. The molecule has 0 radical (unpaired) electrons. The van der Waals surface area contributed by atoms with E-state index in [2.05, 4.69) is 54.8 Å². The van der Waals surface area contributed by atoms with Crippen LogP contribution in [0, 0.1) is 5.92 Å². The predicted molar refractivity (Wildman–Crippen MR) is 88.6 cm³/mol. The third-order valence-corrected chi connectivity index (χ3v) is 4.48. The molecule has 2 rings (SSSR count). The zero-order valence-corrected chi connectivity index (χ0v) is 13.8. The molecule has 0 aliphatic carbocycles. The minimum atomic E-state index is -0.165. The number of nitrogens with zero attached hydrogens (tertiary/aromatic N) is 2. The Labute approximate surface area is 129 Å². The van der Waals surface area contributed by atoms with Crippen LogP contribution in [-0.2, 0) is 5.41 Å². The molecule has 118 valence electrons. The maximum absolute atomic E-state index is 9.90. The summed E-state index contributed by atoms with van der Waals surface area (Å²) in [7, 11) is 0. The minimum absolute atomic E-state index is 0.165. The summed E-state index contributed by atoms with van der Waals surface area (Å²) < 4.78 is 0. The van der Waals surface area contributed by atoms with Gasteiger partial charge < -0.3 is 10.0 Å². The van der Waals surface area contributed by atoms with Crippen molar-refractivity contribution in [2.24, 2.45) is 5.92 Å². The minimum Gasteiger partial charge on any atom is -0.395 e. The summed E-state index contributed by atoms with van der Waals surface area (Å²) in [5.74, 6) is 0.739. The molecular weight excluding hydrogens is 260 g/mol. The molecule has 0 saturated carbocycles. The van der Waals surface area contributed by atoms with Crippen LogP contribution in [-0.4, -0.2) is 60.8 Å². The molecule has 1 fully saturated rings. The zero-order valence-electron chi connectivity index (χ0n) is 13.8. The number of aliphatic hydroxyl groups is 1. The summed E-state index contributed by atoms with van der Waals surface area (Å²) in [5.41, 5.74) is 1.07. The molecule has 1 aromatic carbocycles. The molecule has 3 nitrogen and oxygen atoms in total. The maximum atomic E-state index is 9.90. The molecule has 0 spiro atoms. The predicted octanol–water partition coefficient (Wildman–Crippen LogP) is 2.21. The van der Waals surface area contributed by atoms with Gasteiger partial charge >= 0.3 is 0 Å². The first-order valence-corrected chi connectivity index (χ1v) is 8.14. The number of rotatable bonds is 6. The normalized spacial score (nSPS) is 20.6. The van der Waals surface area contributed by atoms with Gasteiger partial charge in [-0.1, -0.05) is 51.1 Å². The fourth-order valence-electron chi connectivity index (χ4n) is 3.21. The third-order valence-electron chi connectivity index (χ3n) is 4.48. The molecule has 21 heavy (non-hydrogen) atoms. The summed E-state index contributed by atoms with van der Waals surface area (Å²) in [6.07, 6.45) is 0. The smallest absolute Gasteiger partial charge is 0.0537 e. The second-order valence-electron chi connectivity index (χ2n) is 7.06. The van der Waals surface area contributed by atoms with Crippen LogP contribution in [0.5, 0.6) is 0 Å². The number of hydrogen-bond donors (Lipinski definition) is 1. The van der Waals surface area contributed by atoms with E-state index in [0.717, 1.165) is 38.6 Å². The van der Waals surface area contributed by atoms with Crippen molar-refractivity contribution in [3.63, 3.8) is 0 Å². The van der Waals surface area contributed by atoms with E-state index in [9.17, 15) is 5.11 Å². The molecule has 0 aromatic heterocycles. The molecule has 1 saturated heterocycles. The first-order chi connectivity index (χ1) is 10.0. The summed E-state index contributed by atoms with van der Waals surface area (Å²) in [5, 5.41) is 9.90. The average Bonchev–Trinajstić information content (AvgIpc) is 2.49. The average molecular weight is 290 g/mol. The van der Waals surface area contributed by atoms with Crippen molar-refractivity contribution in [3.05, 3.63) is 35.9 Å². The van der Waals surface area contributed by atoms with Crippen LogP contribution in [0.3, 0.4) is 0 Å². The highest BCUT2D eigenvalue weighted by Crippen LogP contribution is 2.25. The van der Waals surface area contributed by atoms with Gasteiger partial charge in [-0.3, -0.25) is 4.90 Å². The lowest BCUT2D eigenvalue weighted by molar-refractivity contribution is 0.0857. The van der Waals surface area contributed by atoms with Gasteiger partial charge in [0.1, 0.15) is 0 Å². The van der Waals surface area contributed by atoms with Gasteiger partial charge in [-0.25, -0.2) is 0 Å². The molecule has 3 heteroatoms. The summed E-state index contributed by atoms with van der Waals surface area (Å²) in [4.78, 5) is 5.06. The number of piperazine rings is 1. The van der Waals surface area contributed by atoms with Crippen LogP contribution in [0.4, 0.5) is 0 Å². The van der Waals surface area contributed by atoms with Gasteiger partial charge in [-0.15, -0.1) is 0 Å². The third kappa shape index (κ3) is 4.53. The zero-order chi connectivity index (χ0) is 15.3. The van der Waals surface area contributed by atoms with E-state index in [4.69, 9.17) is 0 Å². The van der Waals surface area contributed by atoms with Crippen LogP contribution < -0.4 is 0 Å². The van der Waals surface area contributed by atoms with E-state index >= 15 is 0 Å². The van der Waals surface area contributed by atoms with Gasteiger partial charge in [0.05, 0.1) is 6.61 Å². The molecule has 1 aromatic rings. The summed E-state index contributed by atoms with van der Waals surface area (Å²) in [6, 6.07) is 10.4. The van der Waals surface area contributed by atoms with Crippen LogP contribution in [0.15, 0.2) is 30.3 Å². The van der Waals surface area contributed by atoms with E-state index in [1.54, 1.807) is 0 Å². The van der Waals surface area contributed by atoms with Crippen molar-refractivity contribution >= 4 is 0 Å². The lowest BCUT2D eigenvalue weighted by Gasteiger charge is -2.40. The van der Waals surface area contributed by atoms with Crippen LogP contribution in [0.25, 0.3) is 0 Å². The molecule has 1 heterocycles. The molecule has 0 bridgehead atoms. The standard InChI is InChI=1S/C18H30N2O/c1-16(2)13-19-9-11-20(12-10-19)14-18(3,15-21)17-7-5-4-6-8-17/h4-8,16,21H,9-15H2,1-3H3. The molecule has 0 amide bonds.